The number of fused-ring (bicyclic) bond motifs is 1. The Morgan fingerprint density at radius 3 is 2.81 bits per heavy atom. The quantitative estimate of drug-likeness (QED) is 0.763. The Morgan fingerprint density at radius 2 is 2.10 bits per heavy atom. The molecule has 5 heteroatoms. The molecule has 1 fully saturated rings. The first kappa shape index (κ1) is 14.3. The summed E-state index contributed by atoms with van der Waals surface area (Å²) in [5.41, 5.74) is 8.13. The van der Waals surface area contributed by atoms with E-state index in [0.717, 1.165) is 29.0 Å². The highest BCUT2D eigenvalue weighted by Gasteiger charge is 2.23. The number of rotatable bonds is 3. The monoisotopic (exact) mass is 303 g/mol. The Bertz CT molecular complexity index is 644. The number of anilines is 1. The smallest absolute Gasteiger partial charge is 0.253 e. The summed E-state index contributed by atoms with van der Waals surface area (Å²) in [4.78, 5) is 15.6. The third kappa shape index (κ3) is 3.02. The lowest BCUT2D eigenvalue weighted by atomic mass is 9.94. The highest BCUT2D eigenvalue weighted by molar-refractivity contribution is 7.99. The Kier molecular flexibility index (Phi) is 4.10. The van der Waals surface area contributed by atoms with Crippen LogP contribution in [0.4, 0.5) is 5.69 Å². The lowest BCUT2D eigenvalue weighted by Gasteiger charge is -2.27. The van der Waals surface area contributed by atoms with Crippen molar-refractivity contribution in [3.8, 4) is 0 Å². The largest absolute Gasteiger partial charge is 0.399 e. The summed E-state index contributed by atoms with van der Waals surface area (Å²) >= 11 is 1.94. The Hall–Kier alpha value is -1.62. The zero-order valence-corrected chi connectivity index (χ0v) is 13.0. The molecule has 1 aliphatic rings. The zero-order valence-electron chi connectivity index (χ0n) is 12.2. The van der Waals surface area contributed by atoms with Crippen LogP contribution in [-0.2, 0) is 0 Å². The van der Waals surface area contributed by atoms with E-state index in [1.807, 2.05) is 30.0 Å². The number of amides is 1. The first-order valence-corrected chi connectivity index (χ1v) is 8.66. The van der Waals surface area contributed by atoms with Crippen molar-refractivity contribution in [2.24, 2.45) is 0 Å². The van der Waals surface area contributed by atoms with Crippen molar-refractivity contribution >= 4 is 34.3 Å². The zero-order chi connectivity index (χ0) is 14.8. The number of nitrogens with two attached hydrogens (primary N) is 1. The molecule has 0 unspecified atom stereocenters. The highest BCUT2D eigenvalue weighted by Crippen LogP contribution is 2.27. The van der Waals surface area contributed by atoms with Gasteiger partial charge in [0.05, 0.1) is 5.56 Å². The van der Waals surface area contributed by atoms with E-state index in [1.165, 1.54) is 12.8 Å². The maximum Gasteiger partial charge on any atom is 0.253 e. The summed E-state index contributed by atoms with van der Waals surface area (Å²) in [6.07, 6.45) is 8.45. The average molecular weight is 303 g/mol. The maximum atomic E-state index is 12.5. The van der Waals surface area contributed by atoms with Gasteiger partial charge >= 0.3 is 0 Å². The van der Waals surface area contributed by atoms with Gasteiger partial charge in [0.2, 0.25) is 0 Å². The molecule has 1 amide bonds. The Balaban J connectivity index is 1.71. The van der Waals surface area contributed by atoms with E-state index >= 15 is 0 Å². The summed E-state index contributed by atoms with van der Waals surface area (Å²) < 4.78 is 0. The number of benzene rings is 1. The number of nitrogen functional groups attached to an aromatic ring is 1. The Labute approximate surface area is 128 Å². The minimum atomic E-state index is -0.000508. The van der Waals surface area contributed by atoms with E-state index < -0.39 is 0 Å². The average Bonchev–Trinajstić information content (AvgIpc) is 2.91. The number of aromatic nitrogens is 1. The van der Waals surface area contributed by atoms with Crippen LogP contribution >= 0.6 is 11.8 Å². The van der Waals surface area contributed by atoms with Crippen LogP contribution in [0, 0.1) is 0 Å². The lowest BCUT2D eigenvalue weighted by Crippen LogP contribution is -2.38. The molecule has 0 bridgehead atoms. The van der Waals surface area contributed by atoms with Gasteiger partial charge in [0.15, 0.2) is 0 Å². The van der Waals surface area contributed by atoms with Crippen LogP contribution in [-0.4, -0.2) is 28.4 Å². The van der Waals surface area contributed by atoms with Gasteiger partial charge < -0.3 is 16.0 Å². The summed E-state index contributed by atoms with van der Waals surface area (Å²) in [6.45, 7) is 0. The van der Waals surface area contributed by atoms with Gasteiger partial charge in [0, 0.05) is 34.1 Å². The molecule has 1 heterocycles. The van der Waals surface area contributed by atoms with Crippen LogP contribution in [0.1, 0.15) is 36.0 Å². The van der Waals surface area contributed by atoms with Crippen molar-refractivity contribution in [2.75, 3.05) is 12.0 Å². The van der Waals surface area contributed by atoms with Gasteiger partial charge in [0.1, 0.15) is 0 Å². The summed E-state index contributed by atoms with van der Waals surface area (Å²) in [5.74, 6) is -0.000508. The number of carbonyl (C=O) groups is 1. The fraction of sp³-hybridized carbons (Fsp3) is 0.438. The standard InChI is InChI=1S/C16H21N3OS/c1-21-12-5-3-11(4-6-12)19-16(20)14-9-18-15-7-2-10(17)8-13(14)15/h2,7-9,11-12,18H,3-6,17H2,1H3,(H,19,20). The number of nitrogens with one attached hydrogen (secondary N) is 2. The molecule has 2 aromatic rings. The number of carbonyl (C=O) groups excluding carboxylic acids is 1. The third-order valence-electron chi connectivity index (χ3n) is 4.29. The molecule has 0 aliphatic heterocycles. The van der Waals surface area contributed by atoms with Gasteiger partial charge in [-0.15, -0.1) is 0 Å². The number of thioether (sulfide) groups is 1. The van der Waals surface area contributed by atoms with Gasteiger partial charge in [-0.05, 0) is 50.1 Å². The van der Waals surface area contributed by atoms with Crippen LogP contribution in [0.5, 0.6) is 0 Å². The minimum Gasteiger partial charge on any atom is -0.399 e. The molecule has 1 aromatic heterocycles. The number of hydrogen-bond donors (Lipinski definition) is 3. The summed E-state index contributed by atoms with van der Waals surface area (Å²) in [7, 11) is 0. The summed E-state index contributed by atoms with van der Waals surface area (Å²) in [6, 6.07) is 5.90. The molecule has 4 N–H and O–H groups in total. The van der Waals surface area contributed by atoms with Crippen molar-refractivity contribution in [3.05, 3.63) is 30.0 Å². The fourth-order valence-electron chi connectivity index (χ4n) is 3.03. The molecular weight excluding hydrogens is 282 g/mol. The van der Waals surface area contributed by atoms with Crippen LogP contribution < -0.4 is 11.1 Å². The molecule has 3 rings (SSSR count). The van der Waals surface area contributed by atoms with Gasteiger partial charge in [-0.1, -0.05) is 0 Å². The first-order valence-electron chi connectivity index (χ1n) is 7.37. The number of H-pyrrole nitrogens is 1. The van der Waals surface area contributed by atoms with Crippen molar-refractivity contribution in [3.63, 3.8) is 0 Å². The molecule has 0 saturated heterocycles. The molecule has 0 atom stereocenters. The normalized spacial score (nSPS) is 22.3. The molecule has 21 heavy (non-hydrogen) atoms. The number of hydrogen-bond acceptors (Lipinski definition) is 3. The fourth-order valence-corrected chi connectivity index (χ4v) is 3.78. The predicted molar refractivity (Wildman–Crippen MR) is 89.7 cm³/mol. The molecule has 0 radical (unpaired) electrons. The highest BCUT2D eigenvalue weighted by atomic mass is 32.2. The molecule has 0 spiro atoms. The molecular formula is C16H21N3OS. The van der Waals surface area contributed by atoms with Gasteiger partial charge in [0.25, 0.3) is 5.91 Å². The third-order valence-corrected chi connectivity index (χ3v) is 5.43. The summed E-state index contributed by atoms with van der Waals surface area (Å²) in [5, 5.41) is 4.82. The van der Waals surface area contributed by atoms with Crippen molar-refractivity contribution in [1.82, 2.24) is 10.3 Å². The topological polar surface area (TPSA) is 70.9 Å². The van der Waals surface area contributed by atoms with Crippen molar-refractivity contribution in [2.45, 2.75) is 37.0 Å². The van der Waals surface area contributed by atoms with E-state index in [-0.39, 0.29) is 5.91 Å². The van der Waals surface area contributed by atoms with Crippen LogP contribution in [0.3, 0.4) is 0 Å². The predicted octanol–water partition coefficient (Wildman–Crippen LogP) is 3.15. The van der Waals surface area contributed by atoms with E-state index in [2.05, 4.69) is 16.6 Å². The number of aromatic amines is 1. The lowest BCUT2D eigenvalue weighted by molar-refractivity contribution is 0.0930. The van der Waals surface area contributed by atoms with E-state index in [1.54, 1.807) is 6.20 Å². The molecule has 1 saturated carbocycles. The minimum absolute atomic E-state index is 0.000508. The van der Waals surface area contributed by atoms with Gasteiger partial charge in [-0.2, -0.15) is 11.8 Å². The second-order valence-electron chi connectivity index (χ2n) is 5.69. The van der Waals surface area contributed by atoms with E-state index in [9.17, 15) is 4.79 Å². The second kappa shape index (κ2) is 6.02. The van der Waals surface area contributed by atoms with Gasteiger partial charge in [-0.3, -0.25) is 4.79 Å². The molecule has 4 nitrogen and oxygen atoms in total. The van der Waals surface area contributed by atoms with E-state index in [0.29, 0.717) is 17.3 Å². The molecule has 1 aliphatic carbocycles. The van der Waals surface area contributed by atoms with Crippen molar-refractivity contribution < 1.29 is 4.79 Å². The SMILES string of the molecule is CSC1CCC(NC(=O)c2c[nH]c3ccc(N)cc23)CC1. The second-order valence-corrected chi connectivity index (χ2v) is 6.83. The van der Waals surface area contributed by atoms with Crippen molar-refractivity contribution in [1.29, 1.82) is 0 Å². The van der Waals surface area contributed by atoms with E-state index in [4.69, 9.17) is 5.73 Å². The van der Waals surface area contributed by atoms with Crippen LogP contribution in [0.2, 0.25) is 0 Å². The Morgan fingerprint density at radius 1 is 1.33 bits per heavy atom. The maximum absolute atomic E-state index is 12.5. The first-order chi connectivity index (χ1) is 10.2. The molecule has 112 valence electrons. The van der Waals surface area contributed by atoms with Gasteiger partial charge in [-0.25, -0.2) is 0 Å². The van der Waals surface area contributed by atoms with Crippen LogP contribution in [0.15, 0.2) is 24.4 Å². The molecule has 1 aromatic carbocycles. The van der Waals surface area contributed by atoms with Crippen LogP contribution in [0.25, 0.3) is 10.9 Å².